The van der Waals surface area contributed by atoms with Crippen molar-refractivity contribution < 1.29 is 23.4 Å². The average molecular weight is 289 g/mol. The molecule has 0 aliphatic carbocycles. The molecule has 0 spiro atoms. The minimum Gasteiger partial charge on any atom is -0.395 e. The molecule has 2 unspecified atom stereocenters. The standard InChI is InChI=1S/C14H18F3NO2/c15-14(16,17)11-3-1-10(2-4-11)8-18-6-5-13(20)7-12(18)9-19/h1-4,12-13,19-20H,5-9H2. The van der Waals surface area contributed by atoms with E-state index in [4.69, 9.17) is 0 Å². The number of likely N-dealkylation sites (tertiary alicyclic amines) is 1. The maximum atomic E-state index is 12.5. The lowest BCUT2D eigenvalue weighted by atomic mass is 9.99. The lowest BCUT2D eigenvalue weighted by molar-refractivity contribution is -0.137. The third kappa shape index (κ3) is 3.71. The summed E-state index contributed by atoms with van der Waals surface area (Å²) in [4.78, 5) is 2.00. The number of piperidine rings is 1. The van der Waals surface area contributed by atoms with Gasteiger partial charge < -0.3 is 10.2 Å². The van der Waals surface area contributed by atoms with Crippen LogP contribution in [0.2, 0.25) is 0 Å². The summed E-state index contributed by atoms with van der Waals surface area (Å²) in [6, 6.07) is 4.93. The molecule has 1 aliphatic heterocycles. The zero-order chi connectivity index (χ0) is 14.8. The molecule has 0 aromatic heterocycles. The highest BCUT2D eigenvalue weighted by molar-refractivity contribution is 5.24. The fourth-order valence-electron chi connectivity index (χ4n) is 2.51. The van der Waals surface area contributed by atoms with Crippen molar-refractivity contribution in [3.63, 3.8) is 0 Å². The van der Waals surface area contributed by atoms with E-state index in [2.05, 4.69) is 0 Å². The van der Waals surface area contributed by atoms with Crippen LogP contribution in [0.25, 0.3) is 0 Å². The van der Waals surface area contributed by atoms with Gasteiger partial charge in [0.1, 0.15) is 0 Å². The summed E-state index contributed by atoms with van der Waals surface area (Å²) in [5.41, 5.74) is 0.113. The van der Waals surface area contributed by atoms with Crippen LogP contribution in [0.1, 0.15) is 24.0 Å². The Kier molecular flexibility index (Phi) is 4.67. The Morgan fingerprint density at radius 3 is 2.40 bits per heavy atom. The summed E-state index contributed by atoms with van der Waals surface area (Å²) >= 11 is 0. The second kappa shape index (κ2) is 6.11. The Morgan fingerprint density at radius 2 is 1.85 bits per heavy atom. The SMILES string of the molecule is OCC1CC(O)CCN1Cc1ccc(C(F)(F)F)cc1. The number of aliphatic hydroxyl groups excluding tert-OH is 2. The number of halogens is 3. The highest BCUT2D eigenvalue weighted by Crippen LogP contribution is 2.29. The van der Waals surface area contributed by atoms with Gasteiger partial charge in [-0.1, -0.05) is 12.1 Å². The first-order valence-corrected chi connectivity index (χ1v) is 6.59. The molecule has 1 aromatic rings. The molecular weight excluding hydrogens is 271 g/mol. The zero-order valence-electron chi connectivity index (χ0n) is 11.0. The third-order valence-corrected chi connectivity index (χ3v) is 3.69. The predicted octanol–water partition coefficient (Wildman–Crippen LogP) is 2.02. The van der Waals surface area contributed by atoms with Crippen molar-refractivity contribution >= 4 is 0 Å². The number of hydrogen-bond donors (Lipinski definition) is 2. The first kappa shape index (κ1) is 15.3. The van der Waals surface area contributed by atoms with Gasteiger partial charge in [0.25, 0.3) is 0 Å². The molecular formula is C14H18F3NO2. The summed E-state index contributed by atoms with van der Waals surface area (Å²) in [6.07, 6.45) is -3.61. The molecule has 0 radical (unpaired) electrons. The molecule has 2 rings (SSSR count). The fraction of sp³-hybridized carbons (Fsp3) is 0.571. The molecule has 2 N–H and O–H groups in total. The first-order valence-electron chi connectivity index (χ1n) is 6.59. The van der Waals surface area contributed by atoms with Gasteiger partial charge in [0.15, 0.2) is 0 Å². The van der Waals surface area contributed by atoms with Crippen LogP contribution in [-0.4, -0.2) is 40.4 Å². The number of hydrogen-bond acceptors (Lipinski definition) is 3. The van der Waals surface area contributed by atoms with E-state index in [1.807, 2.05) is 4.90 Å². The van der Waals surface area contributed by atoms with Crippen molar-refractivity contribution in [1.82, 2.24) is 4.90 Å². The number of aliphatic hydroxyl groups is 2. The predicted molar refractivity (Wildman–Crippen MR) is 68.0 cm³/mol. The maximum absolute atomic E-state index is 12.5. The average Bonchev–Trinajstić information content (AvgIpc) is 2.40. The fourth-order valence-corrected chi connectivity index (χ4v) is 2.51. The van der Waals surface area contributed by atoms with E-state index in [9.17, 15) is 23.4 Å². The summed E-state index contributed by atoms with van der Waals surface area (Å²) in [5, 5.41) is 18.9. The molecule has 1 heterocycles. The van der Waals surface area contributed by atoms with Gasteiger partial charge in [-0.2, -0.15) is 13.2 Å². The van der Waals surface area contributed by atoms with Crippen LogP contribution < -0.4 is 0 Å². The topological polar surface area (TPSA) is 43.7 Å². The molecule has 0 bridgehead atoms. The maximum Gasteiger partial charge on any atom is 0.416 e. The molecule has 112 valence electrons. The molecule has 20 heavy (non-hydrogen) atoms. The smallest absolute Gasteiger partial charge is 0.395 e. The van der Waals surface area contributed by atoms with Crippen LogP contribution in [0, 0.1) is 0 Å². The molecule has 3 nitrogen and oxygen atoms in total. The van der Waals surface area contributed by atoms with E-state index in [0.29, 0.717) is 25.9 Å². The van der Waals surface area contributed by atoms with Crippen LogP contribution in [0.5, 0.6) is 0 Å². The Labute approximate surface area is 115 Å². The molecule has 0 saturated carbocycles. The van der Waals surface area contributed by atoms with Crippen LogP contribution in [0.15, 0.2) is 24.3 Å². The van der Waals surface area contributed by atoms with Crippen molar-refractivity contribution in [2.45, 2.75) is 37.7 Å². The van der Waals surface area contributed by atoms with Crippen LogP contribution >= 0.6 is 0 Å². The van der Waals surface area contributed by atoms with Crippen LogP contribution in [0.4, 0.5) is 13.2 Å². The second-order valence-electron chi connectivity index (χ2n) is 5.18. The van der Waals surface area contributed by atoms with Gasteiger partial charge in [-0.25, -0.2) is 0 Å². The summed E-state index contributed by atoms with van der Waals surface area (Å²) in [7, 11) is 0. The summed E-state index contributed by atoms with van der Waals surface area (Å²) < 4.78 is 37.4. The van der Waals surface area contributed by atoms with Crippen LogP contribution in [0.3, 0.4) is 0 Å². The van der Waals surface area contributed by atoms with Gasteiger partial charge in [-0.15, -0.1) is 0 Å². The summed E-state index contributed by atoms with van der Waals surface area (Å²) in [6.45, 7) is 1.06. The Bertz CT molecular complexity index is 433. The van der Waals surface area contributed by atoms with E-state index in [1.54, 1.807) is 0 Å². The number of rotatable bonds is 3. The molecule has 0 amide bonds. The van der Waals surface area contributed by atoms with Gasteiger partial charge in [0.05, 0.1) is 18.3 Å². The number of nitrogens with zero attached hydrogens (tertiary/aromatic N) is 1. The van der Waals surface area contributed by atoms with E-state index in [1.165, 1.54) is 12.1 Å². The first-order chi connectivity index (χ1) is 9.40. The number of benzene rings is 1. The van der Waals surface area contributed by atoms with Gasteiger partial charge in [-0.3, -0.25) is 4.90 Å². The largest absolute Gasteiger partial charge is 0.416 e. The third-order valence-electron chi connectivity index (χ3n) is 3.69. The van der Waals surface area contributed by atoms with Crippen molar-refractivity contribution in [1.29, 1.82) is 0 Å². The summed E-state index contributed by atoms with van der Waals surface area (Å²) in [5.74, 6) is 0. The Hall–Kier alpha value is -1.11. The van der Waals surface area contributed by atoms with Gasteiger partial charge >= 0.3 is 6.18 Å². The lowest BCUT2D eigenvalue weighted by Gasteiger charge is -2.36. The quantitative estimate of drug-likeness (QED) is 0.895. The molecule has 1 aliphatic rings. The second-order valence-corrected chi connectivity index (χ2v) is 5.18. The van der Waals surface area contributed by atoms with Crippen molar-refractivity contribution in [3.05, 3.63) is 35.4 Å². The highest BCUT2D eigenvalue weighted by atomic mass is 19.4. The minimum atomic E-state index is -4.32. The van der Waals surface area contributed by atoms with E-state index in [-0.39, 0.29) is 12.6 Å². The van der Waals surface area contributed by atoms with Gasteiger partial charge in [-0.05, 0) is 30.5 Å². The zero-order valence-corrected chi connectivity index (χ0v) is 11.0. The highest BCUT2D eigenvalue weighted by Gasteiger charge is 2.30. The van der Waals surface area contributed by atoms with Gasteiger partial charge in [0.2, 0.25) is 0 Å². The molecule has 6 heteroatoms. The molecule has 1 aromatic carbocycles. The molecule has 1 saturated heterocycles. The van der Waals surface area contributed by atoms with Crippen molar-refractivity contribution in [2.75, 3.05) is 13.2 Å². The van der Waals surface area contributed by atoms with Crippen molar-refractivity contribution in [3.8, 4) is 0 Å². The van der Waals surface area contributed by atoms with E-state index < -0.39 is 17.8 Å². The normalized spacial score (nSPS) is 24.9. The minimum absolute atomic E-state index is 0.0578. The van der Waals surface area contributed by atoms with E-state index in [0.717, 1.165) is 17.7 Å². The number of alkyl halides is 3. The van der Waals surface area contributed by atoms with Gasteiger partial charge in [0, 0.05) is 19.1 Å². The Balaban J connectivity index is 2.02. The monoisotopic (exact) mass is 289 g/mol. The van der Waals surface area contributed by atoms with E-state index >= 15 is 0 Å². The van der Waals surface area contributed by atoms with Crippen LogP contribution in [-0.2, 0) is 12.7 Å². The molecule has 2 atom stereocenters. The molecule has 1 fully saturated rings. The Morgan fingerprint density at radius 1 is 1.20 bits per heavy atom. The van der Waals surface area contributed by atoms with Crippen molar-refractivity contribution in [2.24, 2.45) is 0 Å². The lowest BCUT2D eigenvalue weighted by Crippen LogP contribution is -2.45.